The zero-order valence-corrected chi connectivity index (χ0v) is 24.9. The van der Waals surface area contributed by atoms with Gasteiger partial charge in [0, 0.05) is 16.7 Å². The van der Waals surface area contributed by atoms with Gasteiger partial charge >= 0.3 is 0 Å². The van der Waals surface area contributed by atoms with Gasteiger partial charge in [-0.1, -0.05) is 61.9 Å². The van der Waals surface area contributed by atoms with Gasteiger partial charge in [-0.25, -0.2) is 8.42 Å². The lowest BCUT2D eigenvalue weighted by atomic mass is 10.1. The number of halogens is 1. The van der Waals surface area contributed by atoms with Crippen molar-refractivity contribution in [1.82, 2.24) is 10.2 Å². The molecule has 0 radical (unpaired) electrons. The fraction of sp³-hybridized carbons (Fsp3) is 0.310. The molecular weight excluding hydrogens is 613 g/mol. The molecule has 1 atom stereocenters. The van der Waals surface area contributed by atoms with Crippen LogP contribution in [0.25, 0.3) is 0 Å². The lowest BCUT2D eigenvalue weighted by Crippen LogP contribution is -2.52. The SMILES string of the molecule is CCCNC(=O)[C@H](CC)N(Cc1ccc(C)cc1)C(=O)CN(c1ccc(I)cc1)S(=O)(=O)c1ccccc1. The number of benzene rings is 3. The van der Waals surface area contributed by atoms with Gasteiger partial charge in [-0.2, -0.15) is 0 Å². The lowest BCUT2D eigenvalue weighted by Gasteiger charge is -2.33. The van der Waals surface area contributed by atoms with Crippen molar-refractivity contribution in [2.75, 3.05) is 17.4 Å². The number of nitrogens with zero attached hydrogens (tertiary/aromatic N) is 2. The van der Waals surface area contributed by atoms with Crippen LogP contribution in [0.5, 0.6) is 0 Å². The van der Waals surface area contributed by atoms with Crippen LogP contribution in [0.2, 0.25) is 0 Å². The Morgan fingerprint density at radius 2 is 1.55 bits per heavy atom. The number of sulfonamides is 1. The first kappa shape index (κ1) is 29.6. The Kier molecular flexibility index (Phi) is 10.7. The molecule has 38 heavy (non-hydrogen) atoms. The van der Waals surface area contributed by atoms with Gasteiger partial charge in [0.2, 0.25) is 11.8 Å². The summed E-state index contributed by atoms with van der Waals surface area (Å²) in [5.41, 5.74) is 2.32. The highest BCUT2D eigenvalue weighted by atomic mass is 127. The van der Waals surface area contributed by atoms with Crippen LogP contribution in [0.3, 0.4) is 0 Å². The highest BCUT2D eigenvalue weighted by Crippen LogP contribution is 2.25. The summed E-state index contributed by atoms with van der Waals surface area (Å²) in [6, 6.07) is 22.0. The third-order valence-corrected chi connectivity index (χ3v) is 8.64. The molecular formula is C29H34IN3O4S. The van der Waals surface area contributed by atoms with E-state index in [1.807, 2.05) is 45.0 Å². The second-order valence-electron chi connectivity index (χ2n) is 9.02. The fourth-order valence-electron chi connectivity index (χ4n) is 4.03. The molecule has 0 saturated heterocycles. The van der Waals surface area contributed by atoms with E-state index >= 15 is 0 Å². The van der Waals surface area contributed by atoms with Crippen molar-refractivity contribution in [3.05, 3.63) is 93.6 Å². The predicted molar refractivity (Wildman–Crippen MR) is 159 cm³/mol. The Morgan fingerprint density at radius 3 is 2.13 bits per heavy atom. The summed E-state index contributed by atoms with van der Waals surface area (Å²) >= 11 is 2.15. The molecule has 202 valence electrons. The van der Waals surface area contributed by atoms with Crippen molar-refractivity contribution in [2.45, 2.75) is 51.1 Å². The maximum Gasteiger partial charge on any atom is 0.264 e. The number of rotatable bonds is 12. The Hall–Kier alpha value is -2.92. The summed E-state index contributed by atoms with van der Waals surface area (Å²) in [5.74, 6) is -0.705. The Morgan fingerprint density at radius 1 is 0.921 bits per heavy atom. The average Bonchev–Trinajstić information content (AvgIpc) is 2.92. The first-order valence-electron chi connectivity index (χ1n) is 12.6. The number of hydrogen-bond acceptors (Lipinski definition) is 4. The summed E-state index contributed by atoms with van der Waals surface area (Å²) in [6.45, 7) is 6.03. The molecule has 3 aromatic rings. The third kappa shape index (κ3) is 7.57. The first-order valence-corrected chi connectivity index (χ1v) is 15.1. The van der Waals surface area contributed by atoms with Gasteiger partial charge in [0.1, 0.15) is 12.6 Å². The Labute approximate surface area is 239 Å². The summed E-state index contributed by atoms with van der Waals surface area (Å²) in [5, 5.41) is 2.90. The minimum absolute atomic E-state index is 0.0872. The highest BCUT2D eigenvalue weighted by Gasteiger charge is 2.33. The zero-order chi connectivity index (χ0) is 27.7. The van der Waals surface area contributed by atoms with Gasteiger partial charge in [0.15, 0.2) is 0 Å². The second kappa shape index (κ2) is 13.7. The number of aryl methyl sites for hydroxylation is 1. The lowest BCUT2D eigenvalue weighted by molar-refractivity contribution is -0.140. The molecule has 0 saturated carbocycles. The van der Waals surface area contributed by atoms with Gasteiger partial charge in [-0.3, -0.25) is 13.9 Å². The molecule has 0 heterocycles. The number of carbonyl (C=O) groups excluding carboxylic acids is 2. The third-order valence-electron chi connectivity index (χ3n) is 6.13. The van der Waals surface area contributed by atoms with Crippen molar-refractivity contribution in [1.29, 1.82) is 0 Å². The van der Waals surface area contributed by atoms with Crippen LogP contribution in [-0.2, 0) is 26.2 Å². The molecule has 0 spiro atoms. The van der Waals surface area contributed by atoms with Crippen LogP contribution < -0.4 is 9.62 Å². The van der Waals surface area contributed by atoms with E-state index < -0.39 is 28.5 Å². The van der Waals surface area contributed by atoms with Crippen molar-refractivity contribution in [3.8, 4) is 0 Å². The topological polar surface area (TPSA) is 86.8 Å². The fourth-order valence-corrected chi connectivity index (χ4v) is 5.83. The smallest absolute Gasteiger partial charge is 0.264 e. The van der Waals surface area contributed by atoms with E-state index in [2.05, 4.69) is 27.9 Å². The first-order chi connectivity index (χ1) is 18.2. The van der Waals surface area contributed by atoms with E-state index in [1.165, 1.54) is 17.0 Å². The van der Waals surface area contributed by atoms with E-state index in [0.29, 0.717) is 18.7 Å². The molecule has 1 N–H and O–H groups in total. The molecule has 0 aliphatic carbocycles. The molecule has 0 aromatic heterocycles. The van der Waals surface area contributed by atoms with Gasteiger partial charge in [-0.05, 0) is 84.3 Å². The predicted octanol–water partition coefficient (Wildman–Crippen LogP) is 5.13. The largest absolute Gasteiger partial charge is 0.354 e. The van der Waals surface area contributed by atoms with Gasteiger partial charge in [0.25, 0.3) is 10.0 Å². The molecule has 3 aromatic carbocycles. The molecule has 7 nitrogen and oxygen atoms in total. The van der Waals surface area contributed by atoms with E-state index in [0.717, 1.165) is 25.4 Å². The molecule has 2 amide bonds. The molecule has 0 aliphatic heterocycles. The van der Waals surface area contributed by atoms with Crippen molar-refractivity contribution in [3.63, 3.8) is 0 Å². The summed E-state index contributed by atoms with van der Waals surface area (Å²) in [4.78, 5) is 28.6. The summed E-state index contributed by atoms with van der Waals surface area (Å²) in [7, 11) is -4.06. The minimum atomic E-state index is -4.06. The summed E-state index contributed by atoms with van der Waals surface area (Å²) < 4.78 is 29.6. The van der Waals surface area contributed by atoms with Gasteiger partial charge in [-0.15, -0.1) is 0 Å². The molecule has 0 unspecified atom stereocenters. The number of amides is 2. The Balaban J connectivity index is 2.02. The van der Waals surface area contributed by atoms with E-state index in [4.69, 9.17) is 0 Å². The second-order valence-corrected chi connectivity index (χ2v) is 12.1. The molecule has 0 bridgehead atoms. The molecule has 0 fully saturated rings. The number of nitrogens with one attached hydrogen (secondary N) is 1. The van der Waals surface area contributed by atoms with Crippen LogP contribution in [0, 0.1) is 10.5 Å². The number of carbonyl (C=O) groups is 2. The standard InChI is InChI=1S/C29H34IN3O4S/c1-4-19-31-29(35)27(5-2)32(20-23-13-11-22(3)12-14-23)28(34)21-33(25-17-15-24(30)16-18-25)38(36,37)26-9-7-6-8-10-26/h6-18,27H,4-5,19-21H2,1-3H3,(H,31,35)/t27-/m0/s1. The van der Waals surface area contributed by atoms with Crippen molar-refractivity contribution in [2.24, 2.45) is 0 Å². The normalized spacial score (nSPS) is 12.0. The Bertz CT molecular complexity index is 1310. The van der Waals surface area contributed by atoms with E-state index in [1.54, 1.807) is 42.5 Å². The van der Waals surface area contributed by atoms with Crippen LogP contribution in [0.4, 0.5) is 5.69 Å². The maximum absolute atomic E-state index is 14.0. The van der Waals surface area contributed by atoms with Crippen LogP contribution in [-0.4, -0.2) is 44.3 Å². The van der Waals surface area contributed by atoms with Crippen LogP contribution in [0.15, 0.2) is 83.8 Å². The molecule has 0 aliphatic rings. The van der Waals surface area contributed by atoms with Gasteiger partial charge < -0.3 is 10.2 Å². The number of anilines is 1. The zero-order valence-electron chi connectivity index (χ0n) is 21.9. The van der Waals surface area contributed by atoms with E-state index in [-0.39, 0.29) is 17.3 Å². The minimum Gasteiger partial charge on any atom is -0.354 e. The van der Waals surface area contributed by atoms with E-state index in [9.17, 15) is 18.0 Å². The van der Waals surface area contributed by atoms with Crippen molar-refractivity contribution >= 4 is 50.1 Å². The monoisotopic (exact) mass is 647 g/mol. The maximum atomic E-state index is 14.0. The van der Waals surface area contributed by atoms with Crippen molar-refractivity contribution < 1.29 is 18.0 Å². The van der Waals surface area contributed by atoms with Crippen LogP contribution >= 0.6 is 22.6 Å². The molecule has 3 rings (SSSR count). The quantitative estimate of drug-likeness (QED) is 0.277. The van der Waals surface area contributed by atoms with Crippen LogP contribution in [0.1, 0.15) is 37.8 Å². The summed E-state index contributed by atoms with van der Waals surface area (Å²) in [6.07, 6.45) is 1.16. The average molecular weight is 648 g/mol. The van der Waals surface area contributed by atoms with Gasteiger partial charge in [0.05, 0.1) is 10.6 Å². The molecule has 9 heteroatoms. The highest BCUT2D eigenvalue weighted by molar-refractivity contribution is 14.1. The number of hydrogen-bond donors (Lipinski definition) is 1.